The topological polar surface area (TPSA) is 104 Å². The van der Waals surface area contributed by atoms with Crippen molar-refractivity contribution in [3.05, 3.63) is 11.3 Å². The van der Waals surface area contributed by atoms with Crippen molar-refractivity contribution in [1.82, 2.24) is 4.90 Å². The van der Waals surface area contributed by atoms with Crippen LogP contribution >= 0.6 is 0 Å². The molecular formula is C13H18N2O4. The third-order valence-electron chi connectivity index (χ3n) is 4.67. The lowest BCUT2D eigenvalue weighted by atomic mass is 9.71. The number of amides is 1. The van der Waals surface area contributed by atoms with E-state index in [0.717, 1.165) is 19.3 Å². The largest absolute Gasteiger partial charge is 0.477 e. The van der Waals surface area contributed by atoms with Crippen LogP contribution in [0.4, 0.5) is 0 Å². The Morgan fingerprint density at radius 2 is 2.16 bits per heavy atom. The maximum absolute atomic E-state index is 12.1. The van der Waals surface area contributed by atoms with Gasteiger partial charge in [0.05, 0.1) is 18.1 Å². The minimum atomic E-state index is -1.09. The predicted octanol–water partition coefficient (Wildman–Crippen LogP) is -0.326. The number of carboxylic acid groups (broad SMARTS) is 1. The first-order chi connectivity index (χ1) is 8.95. The average Bonchev–Trinajstić information content (AvgIpc) is 2.61. The van der Waals surface area contributed by atoms with Crippen molar-refractivity contribution < 1.29 is 19.8 Å². The Balaban J connectivity index is 2.04. The Labute approximate surface area is 110 Å². The summed E-state index contributed by atoms with van der Waals surface area (Å²) in [4.78, 5) is 24.9. The summed E-state index contributed by atoms with van der Waals surface area (Å²) in [6.07, 6.45) is 1.79. The van der Waals surface area contributed by atoms with Gasteiger partial charge in [0.25, 0.3) is 0 Å². The van der Waals surface area contributed by atoms with E-state index in [-0.39, 0.29) is 29.6 Å². The van der Waals surface area contributed by atoms with Gasteiger partial charge in [-0.3, -0.25) is 4.79 Å². The molecule has 0 aromatic carbocycles. The van der Waals surface area contributed by atoms with Crippen LogP contribution < -0.4 is 5.73 Å². The summed E-state index contributed by atoms with van der Waals surface area (Å²) in [5, 5.41) is 19.1. The Morgan fingerprint density at radius 1 is 1.47 bits per heavy atom. The van der Waals surface area contributed by atoms with Gasteiger partial charge in [0, 0.05) is 12.0 Å². The molecule has 3 rings (SSSR count). The van der Waals surface area contributed by atoms with Gasteiger partial charge in [-0.1, -0.05) is 6.42 Å². The molecule has 6 heteroatoms. The number of nitrogens with two attached hydrogens (primary N) is 1. The zero-order valence-electron chi connectivity index (χ0n) is 10.7. The van der Waals surface area contributed by atoms with Gasteiger partial charge in [-0.2, -0.15) is 0 Å². The van der Waals surface area contributed by atoms with Crippen LogP contribution in [0.3, 0.4) is 0 Å². The quantitative estimate of drug-likeness (QED) is 0.594. The minimum absolute atomic E-state index is 0.00662. The van der Waals surface area contributed by atoms with E-state index in [4.69, 9.17) is 5.73 Å². The lowest BCUT2D eigenvalue weighted by Crippen LogP contribution is -2.64. The Bertz CT molecular complexity index is 485. The second kappa shape index (κ2) is 4.05. The fourth-order valence-electron chi connectivity index (χ4n) is 3.93. The number of aliphatic hydroxyl groups excluding tert-OH is 1. The maximum atomic E-state index is 12.1. The van der Waals surface area contributed by atoms with Crippen LogP contribution in [-0.4, -0.2) is 45.2 Å². The molecule has 1 aliphatic carbocycles. The molecule has 0 radical (unpaired) electrons. The molecule has 104 valence electrons. The lowest BCUT2D eigenvalue weighted by molar-refractivity contribution is -0.163. The molecule has 2 heterocycles. The number of β-lactam (4-membered cyclic amide) rings is 1. The summed E-state index contributed by atoms with van der Waals surface area (Å²) < 4.78 is 0. The second-order valence-electron chi connectivity index (χ2n) is 5.72. The van der Waals surface area contributed by atoms with Crippen molar-refractivity contribution >= 4 is 11.9 Å². The maximum Gasteiger partial charge on any atom is 0.352 e. The van der Waals surface area contributed by atoms with Crippen LogP contribution in [0.25, 0.3) is 0 Å². The van der Waals surface area contributed by atoms with Gasteiger partial charge in [-0.05, 0) is 25.3 Å². The van der Waals surface area contributed by atoms with Crippen molar-refractivity contribution in [3.63, 3.8) is 0 Å². The van der Waals surface area contributed by atoms with Crippen molar-refractivity contribution in [3.8, 4) is 0 Å². The molecule has 0 aromatic heterocycles. The van der Waals surface area contributed by atoms with Crippen LogP contribution in [0.15, 0.2) is 11.3 Å². The van der Waals surface area contributed by atoms with Gasteiger partial charge in [-0.25, -0.2) is 4.79 Å². The lowest BCUT2D eigenvalue weighted by Gasteiger charge is -2.47. The van der Waals surface area contributed by atoms with Gasteiger partial charge < -0.3 is 20.8 Å². The smallest absolute Gasteiger partial charge is 0.352 e. The number of hydrogen-bond donors (Lipinski definition) is 3. The molecule has 3 aliphatic rings. The summed E-state index contributed by atoms with van der Waals surface area (Å²) in [5.41, 5.74) is 6.83. The molecule has 2 fully saturated rings. The standard InChI is InChI=1S/C13H18N2O4/c1-5(16)8-10-6-3-2-4-7(14)9(6)11(13(18)19)15(10)12(8)17/h5-8,10,16H,2-4,14H2,1H3,(H,18,19)/t5-,6+,7+,8-,10-/m1/s1. The van der Waals surface area contributed by atoms with Crippen molar-refractivity contribution in [1.29, 1.82) is 0 Å². The van der Waals surface area contributed by atoms with Crippen molar-refractivity contribution in [2.75, 3.05) is 0 Å². The molecule has 1 saturated heterocycles. The molecule has 0 aromatic rings. The highest BCUT2D eigenvalue weighted by molar-refractivity contribution is 6.00. The molecular weight excluding hydrogens is 248 g/mol. The zero-order valence-corrected chi connectivity index (χ0v) is 10.7. The predicted molar refractivity (Wildman–Crippen MR) is 65.8 cm³/mol. The Kier molecular flexibility index (Phi) is 2.69. The normalized spacial score (nSPS) is 38.7. The number of carbonyl (C=O) groups is 2. The second-order valence-corrected chi connectivity index (χ2v) is 5.72. The van der Waals surface area contributed by atoms with Crippen LogP contribution in [0.2, 0.25) is 0 Å². The third-order valence-corrected chi connectivity index (χ3v) is 4.67. The highest BCUT2D eigenvalue weighted by Gasteiger charge is 2.61. The van der Waals surface area contributed by atoms with Gasteiger partial charge in [-0.15, -0.1) is 0 Å². The highest BCUT2D eigenvalue weighted by atomic mass is 16.4. The van der Waals surface area contributed by atoms with Gasteiger partial charge in [0.2, 0.25) is 5.91 Å². The molecule has 5 atom stereocenters. The van der Waals surface area contributed by atoms with Crippen LogP contribution in [0, 0.1) is 11.8 Å². The Morgan fingerprint density at radius 3 is 2.74 bits per heavy atom. The number of fused-ring (bicyclic) bond motifs is 3. The van der Waals surface area contributed by atoms with Crippen LogP contribution in [0.1, 0.15) is 26.2 Å². The van der Waals surface area contributed by atoms with E-state index in [1.54, 1.807) is 6.92 Å². The van der Waals surface area contributed by atoms with Crippen molar-refractivity contribution in [2.45, 2.75) is 44.4 Å². The summed E-state index contributed by atoms with van der Waals surface area (Å²) in [5.74, 6) is -1.85. The van der Waals surface area contributed by atoms with E-state index in [1.165, 1.54) is 4.90 Å². The number of carbonyl (C=O) groups excluding carboxylic acids is 1. The van der Waals surface area contributed by atoms with E-state index in [0.29, 0.717) is 5.57 Å². The minimum Gasteiger partial charge on any atom is -0.477 e. The summed E-state index contributed by atoms with van der Waals surface area (Å²) in [6, 6.07) is -0.488. The monoisotopic (exact) mass is 266 g/mol. The fourth-order valence-corrected chi connectivity index (χ4v) is 3.93. The number of aliphatic hydroxyl groups is 1. The number of aliphatic carboxylic acids is 1. The van der Waals surface area contributed by atoms with E-state index in [9.17, 15) is 19.8 Å². The molecule has 0 bridgehead atoms. The zero-order chi connectivity index (χ0) is 13.9. The number of rotatable bonds is 2. The fraction of sp³-hybridized carbons (Fsp3) is 0.692. The molecule has 0 unspecified atom stereocenters. The van der Waals surface area contributed by atoms with Crippen LogP contribution in [-0.2, 0) is 9.59 Å². The first-order valence-electron chi connectivity index (χ1n) is 6.69. The first-order valence-corrected chi connectivity index (χ1v) is 6.69. The van der Waals surface area contributed by atoms with E-state index in [1.807, 2.05) is 0 Å². The van der Waals surface area contributed by atoms with E-state index < -0.39 is 18.0 Å². The highest BCUT2D eigenvalue weighted by Crippen LogP contribution is 2.51. The van der Waals surface area contributed by atoms with Gasteiger partial charge in [0.1, 0.15) is 5.70 Å². The number of carboxylic acids is 1. The first kappa shape index (κ1) is 12.6. The van der Waals surface area contributed by atoms with Crippen molar-refractivity contribution in [2.24, 2.45) is 17.6 Å². The van der Waals surface area contributed by atoms with E-state index >= 15 is 0 Å². The molecule has 1 amide bonds. The number of hydrogen-bond acceptors (Lipinski definition) is 4. The van der Waals surface area contributed by atoms with Gasteiger partial charge >= 0.3 is 5.97 Å². The Hall–Kier alpha value is -1.40. The SMILES string of the molecule is C[C@@H](O)[C@H]1C(=O)N2C(C(=O)O)=C3[C@@H](N)CCC[C@@H]3[C@H]12. The van der Waals surface area contributed by atoms with E-state index in [2.05, 4.69) is 0 Å². The molecule has 2 aliphatic heterocycles. The number of nitrogens with zero attached hydrogens (tertiary/aromatic N) is 1. The summed E-state index contributed by atoms with van der Waals surface area (Å²) >= 11 is 0. The third kappa shape index (κ3) is 1.50. The van der Waals surface area contributed by atoms with Crippen LogP contribution in [0.5, 0.6) is 0 Å². The molecule has 0 spiro atoms. The summed E-state index contributed by atoms with van der Waals surface area (Å²) in [7, 11) is 0. The van der Waals surface area contributed by atoms with Gasteiger partial charge in [0.15, 0.2) is 0 Å². The molecule has 1 saturated carbocycles. The molecule has 19 heavy (non-hydrogen) atoms. The molecule has 4 N–H and O–H groups in total. The summed E-state index contributed by atoms with van der Waals surface area (Å²) in [6.45, 7) is 1.58. The average molecular weight is 266 g/mol. The molecule has 6 nitrogen and oxygen atoms in total.